The highest BCUT2D eigenvalue weighted by Gasteiger charge is 2.15. The van der Waals surface area contributed by atoms with Gasteiger partial charge in [-0.1, -0.05) is 17.7 Å². The summed E-state index contributed by atoms with van der Waals surface area (Å²) in [5.74, 6) is -0.198. The molecule has 2 amide bonds. The molecule has 0 saturated carbocycles. The molecule has 0 aliphatic heterocycles. The summed E-state index contributed by atoms with van der Waals surface area (Å²) in [5, 5.41) is 16.1. The Morgan fingerprint density at radius 1 is 1.23 bits per heavy atom. The number of nitrogens with one attached hydrogen (secondary N) is 2. The Bertz CT molecular complexity index is 841. The molecule has 0 aliphatic rings. The monoisotopic (exact) mass is 377 g/mol. The van der Waals surface area contributed by atoms with Crippen molar-refractivity contribution in [2.45, 2.75) is 6.92 Å². The van der Waals surface area contributed by atoms with Crippen molar-refractivity contribution in [3.63, 3.8) is 0 Å². The van der Waals surface area contributed by atoms with Crippen LogP contribution in [-0.2, 0) is 4.79 Å². The number of amides is 2. The van der Waals surface area contributed by atoms with Crippen molar-refractivity contribution in [3.8, 4) is 5.75 Å². The molecule has 2 N–H and O–H groups in total. The largest absolute Gasteiger partial charge is 0.492 e. The summed E-state index contributed by atoms with van der Waals surface area (Å²) in [6, 6.07) is 10.5. The number of non-ortho nitro benzene ring substituents is 1. The number of carbonyl (C=O) groups excluding carboxylic acids is 2. The van der Waals surface area contributed by atoms with Gasteiger partial charge < -0.3 is 15.4 Å². The van der Waals surface area contributed by atoms with Crippen molar-refractivity contribution in [1.29, 1.82) is 0 Å². The molecule has 0 aliphatic carbocycles. The van der Waals surface area contributed by atoms with Crippen molar-refractivity contribution < 1.29 is 19.2 Å². The Hall–Kier alpha value is -3.13. The van der Waals surface area contributed by atoms with E-state index in [9.17, 15) is 19.7 Å². The third-order valence-corrected chi connectivity index (χ3v) is 3.55. The molecule has 0 aromatic heterocycles. The van der Waals surface area contributed by atoms with Crippen LogP contribution in [0.4, 0.5) is 11.4 Å². The lowest BCUT2D eigenvalue weighted by molar-refractivity contribution is -0.384. The normalized spacial score (nSPS) is 10.1. The van der Waals surface area contributed by atoms with Crippen molar-refractivity contribution in [2.24, 2.45) is 0 Å². The van der Waals surface area contributed by atoms with Gasteiger partial charge in [0.2, 0.25) is 5.91 Å². The molecule has 2 rings (SSSR count). The Labute approximate surface area is 154 Å². The van der Waals surface area contributed by atoms with Gasteiger partial charge in [0.1, 0.15) is 12.4 Å². The molecular formula is C17H16ClN3O5. The molecule has 0 heterocycles. The van der Waals surface area contributed by atoms with Gasteiger partial charge in [0.05, 0.1) is 22.1 Å². The van der Waals surface area contributed by atoms with Crippen LogP contribution in [-0.4, -0.2) is 29.9 Å². The van der Waals surface area contributed by atoms with Gasteiger partial charge in [0.25, 0.3) is 11.6 Å². The fourth-order valence-electron chi connectivity index (χ4n) is 2.10. The van der Waals surface area contributed by atoms with Crippen LogP contribution in [0.5, 0.6) is 5.75 Å². The van der Waals surface area contributed by atoms with Gasteiger partial charge in [-0.15, -0.1) is 0 Å². The number of benzene rings is 2. The van der Waals surface area contributed by atoms with Gasteiger partial charge >= 0.3 is 0 Å². The lowest BCUT2D eigenvalue weighted by atomic mass is 10.2. The van der Waals surface area contributed by atoms with E-state index in [1.54, 1.807) is 24.3 Å². The van der Waals surface area contributed by atoms with E-state index in [4.69, 9.17) is 16.3 Å². The van der Waals surface area contributed by atoms with E-state index in [0.29, 0.717) is 11.4 Å². The highest BCUT2D eigenvalue weighted by atomic mass is 35.5. The molecule has 26 heavy (non-hydrogen) atoms. The zero-order valence-electron chi connectivity index (χ0n) is 13.8. The predicted molar refractivity (Wildman–Crippen MR) is 96.7 cm³/mol. The Kier molecular flexibility index (Phi) is 6.51. The molecule has 0 fully saturated rings. The minimum atomic E-state index is -0.599. The average Bonchev–Trinajstić information content (AvgIpc) is 2.58. The maximum atomic E-state index is 12.1. The van der Waals surface area contributed by atoms with E-state index in [1.807, 2.05) is 0 Å². The highest BCUT2D eigenvalue weighted by molar-refractivity contribution is 6.33. The van der Waals surface area contributed by atoms with Gasteiger partial charge in [-0.3, -0.25) is 19.7 Å². The van der Waals surface area contributed by atoms with Crippen molar-refractivity contribution in [3.05, 3.63) is 63.2 Å². The molecule has 0 bridgehead atoms. The molecule has 0 saturated heterocycles. The number of nitro benzene ring substituents is 1. The van der Waals surface area contributed by atoms with Crippen LogP contribution >= 0.6 is 11.6 Å². The zero-order valence-corrected chi connectivity index (χ0v) is 14.6. The molecule has 0 unspecified atom stereocenters. The lowest BCUT2D eigenvalue weighted by Gasteiger charge is -2.10. The van der Waals surface area contributed by atoms with Gasteiger partial charge in [0, 0.05) is 30.8 Å². The molecular weight excluding hydrogens is 362 g/mol. The van der Waals surface area contributed by atoms with E-state index in [1.165, 1.54) is 19.1 Å². The number of nitrogens with zero attached hydrogens (tertiary/aromatic N) is 1. The summed E-state index contributed by atoms with van der Waals surface area (Å²) in [5.41, 5.74) is 0.404. The minimum absolute atomic E-state index is 0.0218. The quantitative estimate of drug-likeness (QED) is 0.437. The van der Waals surface area contributed by atoms with E-state index < -0.39 is 10.8 Å². The van der Waals surface area contributed by atoms with Crippen LogP contribution in [0.25, 0.3) is 0 Å². The fraction of sp³-hybridized carbons (Fsp3) is 0.176. The van der Waals surface area contributed by atoms with E-state index in [0.717, 1.165) is 6.07 Å². The first-order valence-corrected chi connectivity index (χ1v) is 7.97. The van der Waals surface area contributed by atoms with Crippen LogP contribution in [0.2, 0.25) is 5.02 Å². The Balaban J connectivity index is 1.88. The number of hydrogen-bond acceptors (Lipinski definition) is 5. The van der Waals surface area contributed by atoms with Crippen LogP contribution < -0.4 is 15.4 Å². The van der Waals surface area contributed by atoms with Gasteiger partial charge in [-0.05, 0) is 18.2 Å². The SMILES string of the molecule is CC(=O)Nc1cccc(OCCNC(=O)c2cc([N+](=O)[O-])ccc2Cl)c1. The highest BCUT2D eigenvalue weighted by Crippen LogP contribution is 2.22. The van der Waals surface area contributed by atoms with Crippen LogP contribution in [0.15, 0.2) is 42.5 Å². The molecule has 8 nitrogen and oxygen atoms in total. The summed E-state index contributed by atoms with van der Waals surface area (Å²) < 4.78 is 5.50. The maximum Gasteiger partial charge on any atom is 0.270 e. The Morgan fingerprint density at radius 3 is 2.69 bits per heavy atom. The second kappa shape index (κ2) is 8.82. The molecule has 0 atom stereocenters. The van der Waals surface area contributed by atoms with Crippen LogP contribution in [0, 0.1) is 10.1 Å². The van der Waals surface area contributed by atoms with E-state index in [-0.39, 0.29) is 35.3 Å². The third-order valence-electron chi connectivity index (χ3n) is 3.22. The molecule has 2 aromatic rings. The molecule has 9 heteroatoms. The second-order valence-corrected chi connectivity index (χ2v) is 5.64. The Morgan fingerprint density at radius 2 is 2.00 bits per heavy atom. The number of rotatable bonds is 7. The number of nitro groups is 1. The van der Waals surface area contributed by atoms with Gasteiger partial charge in [-0.2, -0.15) is 0 Å². The van der Waals surface area contributed by atoms with Crippen molar-refractivity contribution in [1.82, 2.24) is 5.32 Å². The first-order chi connectivity index (χ1) is 12.4. The molecule has 2 aromatic carbocycles. The van der Waals surface area contributed by atoms with Gasteiger partial charge in [0.15, 0.2) is 0 Å². The van der Waals surface area contributed by atoms with E-state index >= 15 is 0 Å². The standard InChI is InChI=1S/C17H16ClN3O5/c1-11(22)20-12-3-2-4-14(9-12)26-8-7-19-17(23)15-10-13(21(24)25)5-6-16(15)18/h2-6,9-10H,7-8H2,1H3,(H,19,23)(H,20,22). The molecule has 0 radical (unpaired) electrons. The van der Waals surface area contributed by atoms with Gasteiger partial charge in [-0.25, -0.2) is 0 Å². The topological polar surface area (TPSA) is 111 Å². The second-order valence-electron chi connectivity index (χ2n) is 5.23. The number of hydrogen-bond donors (Lipinski definition) is 2. The lowest BCUT2D eigenvalue weighted by Crippen LogP contribution is -2.28. The van der Waals surface area contributed by atoms with Crippen LogP contribution in [0.3, 0.4) is 0 Å². The first-order valence-electron chi connectivity index (χ1n) is 7.59. The zero-order chi connectivity index (χ0) is 19.1. The maximum absolute atomic E-state index is 12.1. The number of halogens is 1. The summed E-state index contributed by atoms with van der Waals surface area (Å²) in [6.45, 7) is 1.74. The summed E-state index contributed by atoms with van der Waals surface area (Å²) >= 11 is 5.91. The number of carbonyl (C=O) groups is 2. The predicted octanol–water partition coefficient (Wildman–Crippen LogP) is 3.02. The average molecular weight is 378 g/mol. The van der Waals surface area contributed by atoms with E-state index in [2.05, 4.69) is 10.6 Å². The van der Waals surface area contributed by atoms with Crippen molar-refractivity contribution >= 4 is 34.8 Å². The summed E-state index contributed by atoms with van der Waals surface area (Å²) in [6.07, 6.45) is 0. The summed E-state index contributed by atoms with van der Waals surface area (Å²) in [4.78, 5) is 33.3. The minimum Gasteiger partial charge on any atom is -0.492 e. The molecule has 136 valence electrons. The molecule has 0 spiro atoms. The third kappa shape index (κ3) is 5.45. The number of ether oxygens (including phenoxy) is 1. The number of anilines is 1. The fourth-order valence-corrected chi connectivity index (χ4v) is 2.30. The smallest absolute Gasteiger partial charge is 0.270 e. The first kappa shape index (κ1) is 19.2. The summed E-state index contributed by atoms with van der Waals surface area (Å²) in [7, 11) is 0. The van der Waals surface area contributed by atoms with Crippen molar-refractivity contribution in [2.75, 3.05) is 18.5 Å². The van der Waals surface area contributed by atoms with Crippen LogP contribution in [0.1, 0.15) is 17.3 Å².